The summed E-state index contributed by atoms with van der Waals surface area (Å²) in [7, 11) is 1.47. The topological polar surface area (TPSA) is 79.5 Å². The highest BCUT2D eigenvalue weighted by Crippen LogP contribution is 2.14. The van der Waals surface area contributed by atoms with Crippen LogP contribution < -0.4 is 16.0 Å². The van der Waals surface area contributed by atoms with Crippen molar-refractivity contribution in [3.63, 3.8) is 0 Å². The van der Waals surface area contributed by atoms with Crippen LogP contribution in [0.15, 0.2) is 24.3 Å². The highest BCUT2D eigenvalue weighted by atomic mass is 16.5. The van der Waals surface area contributed by atoms with Crippen LogP contribution in [-0.4, -0.2) is 38.1 Å². The first kappa shape index (κ1) is 18.0. The van der Waals surface area contributed by atoms with E-state index in [1.165, 1.54) is 7.11 Å². The lowest BCUT2D eigenvalue weighted by molar-refractivity contribution is -0.121. The number of benzene rings is 1. The molecule has 0 fully saturated rings. The van der Waals surface area contributed by atoms with Crippen LogP contribution in [0.5, 0.6) is 0 Å². The Morgan fingerprint density at radius 3 is 2.23 bits per heavy atom. The molecule has 0 aromatic heterocycles. The Morgan fingerprint density at radius 1 is 1.09 bits per heavy atom. The van der Waals surface area contributed by atoms with E-state index in [0.29, 0.717) is 18.2 Å². The predicted octanol–water partition coefficient (Wildman–Crippen LogP) is 1.84. The number of carbonyl (C=O) groups is 2. The number of carbonyl (C=O) groups excluding carboxylic acids is 2. The fourth-order valence-corrected chi connectivity index (χ4v) is 1.75. The summed E-state index contributed by atoms with van der Waals surface area (Å²) in [6.45, 7) is 6.59. The maximum absolute atomic E-state index is 11.9. The van der Waals surface area contributed by atoms with Crippen LogP contribution in [0.2, 0.25) is 0 Å². The van der Waals surface area contributed by atoms with Crippen LogP contribution >= 0.6 is 0 Å². The minimum atomic E-state index is -0.326. The zero-order chi connectivity index (χ0) is 16.5. The van der Waals surface area contributed by atoms with Gasteiger partial charge in [0.25, 0.3) is 0 Å². The molecule has 1 aromatic rings. The van der Waals surface area contributed by atoms with E-state index in [-0.39, 0.29) is 24.5 Å². The Morgan fingerprint density at radius 2 is 1.68 bits per heavy atom. The third-order valence-corrected chi connectivity index (χ3v) is 2.91. The Labute approximate surface area is 131 Å². The summed E-state index contributed by atoms with van der Waals surface area (Å²) in [6, 6.07) is 6.85. The summed E-state index contributed by atoms with van der Waals surface area (Å²) in [4.78, 5) is 23.3. The average molecular weight is 307 g/mol. The van der Waals surface area contributed by atoms with E-state index < -0.39 is 0 Å². The normalized spacial score (nSPS) is 11.9. The van der Waals surface area contributed by atoms with Gasteiger partial charge in [-0.3, -0.25) is 9.59 Å². The maximum atomic E-state index is 11.9. The van der Waals surface area contributed by atoms with Gasteiger partial charge >= 0.3 is 0 Å². The fourth-order valence-electron chi connectivity index (χ4n) is 1.75. The van der Waals surface area contributed by atoms with Crippen molar-refractivity contribution in [3.8, 4) is 0 Å². The van der Waals surface area contributed by atoms with Crippen molar-refractivity contribution in [1.29, 1.82) is 0 Å². The second-order valence-corrected chi connectivity index (χ2v) is 5.56. The molecule has 0 radical (unpaired) electrons. The molecular formula is C16H25N3O3. The molecule has 122 valence electrons. The lowest BCUT2D eigenvalue weighted by Crippen LogP contribution is -2.39. The van der Waals surface area contributed by atoms with Crippen molar-refractivity contribution >= 4 is 23.2 Å². The van der Waals surface area contributed by atoms with Gasteiger partial charge in [0.2, 0.25) is 11.8 Å². The molecule has 0 aliphatic rings. The van der Waals surface area contributed by atoms with Gasteiger partial charge in [0, 0.05) is 25.0 Å². The molecule has 22 heavy (non-hydrogen) atoms. The Bertz CT molecular complexity index is 486. The van der Waals surface area contributed by atoms with Gasteiger partial charge in [-0.1, -0.05) is 13.8 Å². The van der Waals surface area contributed by atoms with E-state index in [2.05, 4.69) is 29.8 Å². The third kappa shape index (κ3) is 6.58. The first-order valence-electron chi connectivity index (χ1n) is 7.35. The van der Waals surface area contributed by atoms with Gasteiger partial charge in [0.1, 0.15) is 12.6 Å². The van der Waals surface area contributed by atoms with Crippen LogP contribution in [0.3, 0.4) is 0 Å². The van der Waals surface area contributed by atoms with E-state index in [1.54, 1.807) is 12.1 Å². The van der Waals surface area contributed by atoms with Gasteiger partial charge in [-0.2, -0.15) is 0 Å². The zero-order valence-electron chi connectivity index (χ0n) is 13.6. The number of methoxy groups -OCH3 is 1. The number of nitrogens with one attached hydrogen (secondary N) is 3. The Hall–Kier alpha value is -2.08. The molecule has 6 heteroatoms. The molecule has 0 heterocycles. The smallest absolute Gasteiger partial charge is 0.250 e. The van der Waals surface area contributed by atoms with E-state index in [4.69, 9.17) is 4.74 Å². The fraction of sp³-hybridized carbons (Fsp3) is 0.500. The SMILES string of the molecule is COCC(=O)Nc1ccc(N[C@H](C)C(=O)NCC(C)C)cc1. The van der Waals surface area contributed by atoms with Gasteiger partial charge < -0.3 is 20.7 Å². The van der Waals surface area contributed by atoms with Crippen molar-refractivity contribution in [2.75, 3.05) is 30.9 Å². The molecule has 1 atom stereocenters. The van der Waals surface area contributed by atoms with E-state index >= 15 is 0 Å². The predicted molar refractivity (Wildman–Crippen MR) is 87.9 cm³/mol. The molecule has 0 spiro atoms. The van der Waals surface area contributed by atoms with Crippen LogP contribution in [-0.2, 0) is 14.3 Å². The highest BCUT2D eigenvalue weighted by molar-refractivity contribution is 5.92. The van der Waals surface area contributed by atoms with E-state index in [0.717, 1.165) is 5.69 Å². The molecule has 1 rings (SSSR count). The second-order valence-electron chi connectivity index (χ2n) is 5.56. The molecular weight excluding hydrogens is 282 g/mol. The number of ether oxygens (including phenoxy) is 1. The molecule has 0 aliphatic heterocycles. The molecule has 0 aliphatic carbocycles. The number of rotatable bonds is 8. The highest BCUT2D eigenvalue weighted by Gasteiger charge is 2.12. The van der Waals surface area contributed by atoms with Gasteiger partial charge in [-0.05, 0) is 37.1 Å². The number of anilines is 2. The van der Waals surface area contributed by atoms with Crippen molar-refractivity contribution in [2.45, 2.75) is 26.8 Å². The lowest BCUT2D eigenvalue weighted by atomic mass is 10.2. The minimum absolute atomic E-state index is 0.0209. The standard InChI is InChI=1S/C16H25N3O3/c1-11(2)9-17-16(21)12(3)18-13-5-7-14(8-6-13)19-15(20)10-22-4/h5-8,11-12,18H,9-10H2,1-4H3,(H,17,21)(H,19,20)/t12-/m1/s1. The maximum Gasteiger partial charge on any atom is 0.250 e. The molecule has 6 nitrogen and oxygen atoms in total. The monoisotopic (exact) mass is 307 g/mol. The summed E-state index contributed by atoms with van der Waals surface area (Å²) in [5, 5.41) is 8.71. The molecule has 1 aromatic carbocycles. The first-order chi connectivity index (χ1) is 10.4. The summed E-state index contributed by atoms with van der Waals surface area (Å²) in [6.07, 6.45) is 0. The molecule has 0 saturated heterocycles. The van der Waals surface area contributed by atoms with Crippen molar-refractivity contribution < 1.29 is 14.3 Å². The molecule has 0 saturated carbocycles. The van der Waals surface area contributed by atoms with Crippen LogP contribution in [0.4, 0.5) is 11.4 Å². The van der Waals surface area contributed by atoms with Gasteiger partial charge in [-0.15, -0.1) is 0 Å². The third-order valence-electron chi connectivity index (χ3n) is 2.91. The molecule has 0 bridgehead atoms. The minimum Gasteiger partial charge on any atom is -0.375 e. The van der Waals surface area contributed by atoms with Gasteiger partial charge in [0.15, 0.2) is 0 Å². The van der Waals surface area contributed by atoms with Gasteiger partial charge in [-0.25, -0.2) is 0 Å². The van der Waals surface area contributed by atoms with Crippen molar-refractivity contribution in [1.82, 2.24) is 5.32 Å². The van der Waals surface area contributed by atoms with Crippen LogP contribution in [0, 0.1) is 5.92 Å². The second kappa shape index (κ2) is 9.04. The summed E-state index contributed by atoms with van der Waals surface area (Å²) in [5.74, 6) is 0.182. The number of amides is 2. The quantitative estimate of drug-likeness (QED) is 0.685. The largest absolute Gasteiger partial charge is 0.375 e. The van der Waals surface area contributed by atoms with E-state index in [1.807, 2.05) is 19.1 Å². The summed E-state index contributed by atoms with van der Waals surface area (Å²) in [5.41, 5.74) is 1.50. The number of hydrogen-bond donors (Lipinski definition) is 3. The lowest BCUT2D eigenvalue weighted by Gasteiger charge is -2.16. The Kier molecular flexibility index (Phi) is 7.39. The van der Waals surface area contributed by atoms with Gasteiger partial charge in [0.05, 0.1) is 0 Å². The van der Waals surface area contributed by atoms with E-state index in [9.17, 15) is 9.59 Å². The van der Waals surface area contributed by atoms with Crippen molar-refractivity contribution in [2.24, 2.45) is 5.92 Å². The molecule has 0 unspecified atom stereocenters. The summed E-state index contributed by atoms with van der Waals surface area (Å²) >= 11 is 0. The molecule has 2 amide bonds. The van der Waals surface area contributed by atoms with Crippen molar-refractivity contribution in [3.05, 3.63) is 24.3 Å². The average Bonchev–Trinajstić information content (AvgIpc) is 2.46. The van der Waals surface area contributed by atoms with Crippen LogP contribution in [0.1, 0.15) is 20.8 Å². The molecule has 3 N–H and O–H groups in total. The Balaban J connectivity index is 2.49. The van der Waals surface area contributed by atoms with Crippen LogP contribution in [0.25, 0.3) is 0 Å². The first-order valence-corrected chi connectivity index (χ1v) is 7.35. The summed E-state index contributed by atoms with van der Waals surface area (Å²) < 4.78 is 4.75. The zero-order valence-corrected chi connectivity index (χ0v) is 13.6. The number of hydrogen-bond acceptors (Lipinski definition) is 4.